The Balaban J connectivity index is 1.70. The second-order valence-electron chi connectivity index (χ2n) is 5.23. The van der Waals surface area contributed by atoms with Gasteiger partial charge in [0.15, 0.2) is 11.0 Å². The Morgan fingerprint density at radius 3 is 2.35 bits per heavy atom. The van der Waals surface area contributed by atoms with Crippen LogP contribution in [0.4, 0.5) is 16.2 Å². The number of nitrogens with zero attached hydrogens (tertiary/aromatic N) is 6. The van der Waals surface area contributed by atoms with Crippen LogP contribution >= 0.6 is 11.8 Å². The fraction of sp³-hybridized carbons (Fsp3) is 0.467. The molecule has 3 rings (SSSR count). The largest absolute Gasteiger partial charge is 0.353 e. The van der Waals surface area contributed by atoms with Crippen LogP contribution in [0.15, 0.2) is 23.6 Å². The lowest BCUT2D eigenvalue weighted by molar-refractivity contribution is 0.600. The summed E-state index contributed by atoms with van der Waals surface area (Å²) in [6.07, 6.45) is 5.30. The minimum absolute atomic E-state index is 0.412. The van der Waals surface area contributed by atoms with E-state index in [1.54, 1.807) is 11.8 Å². The molecule has 0 atom stereocenters. The van der Waals surface area contributed by atoms with Gasteiger partial charge in [-0.1, -0.05) is 18.7 Å². The van der Waals surface area contributed by atoms with Gasteiger partial charge in [-0.2, -0.15) is 0 Å². The summed E-state index contributed by atoms with van der Waals surface area (Å²) in [6.45, 7) is 5.32. The van der Waals surface area contributed by atoms with Crippen LogP contribution in [0.2, 0.25) is 0 Å². The number of hydrogen-bond donors (Lipinski definition) is 0. The van der Waals surface area contributed by atoms with Crippen molar-refractivity contribution in [1.29, 1.82) is 0 Å². The zero-order valence-corrected chi connectivity index (χ0v) is 14.1. The number of aromatic nitrogens is 4. The number of thioether (sulfide) groups is 1. The Hall–Kier alpha value is -1.96. The van der Waals surface area contributed by atoms with Gasteiger partial charge in [0.1, 0.15) is 5.82 Å². The summed E-state index contributed by atoms with van der Waals surface area (Å²) in [4.78, 5) is 21.5. The first-order valence-corrected chi connectivity index (χ1v) is 8.81. The monoisotopic (exact) mass is 334 g/mol. The van der Waals surface area contributed by atoms with Crippen LogP contribution in [0.3, 0.4) is 0 Å². The van der Waals surface area contributed by atoms with Crippen molar-refractivity contribution >= 4 is 23.5 Å². The maximum absolute atomic E-state index is 12.9. The highest BCUT2D eigenvalue weighted by Crippen LogP contribution is 2.20. The zero-order valence-electron chi connectivity index (χ0n) is 13.2. The van der Waals surface area contributed by atoms with Crippen molar-refractivity contribution in [2.45, 2.75) is 18.5 Å². The second-order valence-corrected chi connectivity index (χ2v) is 6.01. The zero-order chi connectivity index (χ0) is 16.2. The molecule has 3 heterocycles. The number of halogens is 1. The molecule has 23 heavy (non-hydrogen) atoms. The van der Waals surface area contributed by atoms with Gasteiger partial charge < -0.3 is 9.80 Å². The molecule has 0 aliphatic carbocycles. The third-order valence-electron chi connectivity index (χ3n) is 3.78. The van der Waals surface area contributed by atoms with Gasteiger partial charge in [-0.25, -0.2) is 24.3 Å². The molecule has 0 unspecified atom stereocenters. The molecule has 1 saturated heterocycles. The van der Waals surface area contributed by atoms with E-state index in [9.17, 15) is 4.39 Å². The summed E-state index contributed by atoms with van der Waals surface area (Å²) in [5.41, 5.74) is 1.06. The van der Waals surface area contributed by atoms with Crippen molar-refractivity contribution in [3.05, 3.63) is 30.0 Å². The number of piperazine rings is 1. The molecule has 0 saturated carbocycles. The van der Waals surface area contributed by atoms with Gasteiger partial charge in [0, 0.05) is 37.9 Å². The molecule has 1 fully saturated rings. The van der Waals surface area contributed by atoms with E-state index in [2.05, 4.69) is 42.7 Å². The smallest absolute Gasteiger partial charge is 0.225 e. The van der Waals surface area contributed by atoms with E-state index in [1.165, 1.54) is 12.4 Å². The third kappa shape index (κ3) is 3.69. The van der Waals surface area contributed by atoms with E-state index < -0.39 is 5.82 Å². The summed E-state index contributed by atoms with van der Waals surface area (Å²) < 4.78 is 12.9. The predicted molar refractivity (Wildman–Crippen MR) is 89.6 cm³/mol. The molecule has 2 aromatic rings. The van der Waals surface area contributed by atoms with Gasteiger partial charge in [-0.3, -0.25) is 0 Å². The Labute approximate surface area is 139 Å². The van der Waals surface area contributed by atoms with E-state index >= 15 is 0 Å². The Morgan fingerprint density at radius 2 is 1.74 bits per heavy atom. The first-order valence-electron chi connectivity index (χ1n) is 7.59. The van der Waals surface area contributed by atoms with Gasteiger partial charge in [0.05, 0.1) is 12.4 Å². The summed E-state index contributed by atoms with van der Waals surface area (Å²) in [5.74, 6) is 1.14. The predicted octanol–water partition coefficient (Wildman–Crippen LogP) is 2.02. The quantitative estimate of drug-likeness (QED) is 0.626. The van der Waals surface area contributed by atoms with Gasteiger partial charge >= 0.3 is 0 Å². The maximum Gasteiger partial charge on any atom is 0.225 e. The SMILES string of the molecule is CCc1cc(N2CCN(c3ncc(F)cn3)CC2)nc(SC)n1. The first-order chi connectivity index (χ1) is 11.2. The number of hydrogen-bond acceptors (Lipinski definition) is 7. The standard InChI is InChI=1S/C15H19FN6S/c1-3-12-8-13(20-15(19-12)23-2)21-4-6-22(7-5-21)14-17-9-11(16)10-18-14/h8-10H,3-7H2,1-2H3. The second kappa shape index (κ2) is 7.08. The summed E-state index contributed by atoms with van der Waals surface area (Å²) in [7, 11) is 0. The Morgan fingerprint density at radius 1 is 1.09 bits per heavy atom. The van der Waals surface area contributed by atoms with Crippen LogP contribution < -0.4 is 9.80 Å². The van der Waals surface area contributed by atoms with Gasteiger partial charge in [0.2, 0.25) is 5.95 Å². The van der Waals surface area contributed by atoms with E-state index in [4.69, 9.17) is 0 Å². The van der Waals surface area contributed by atoms with Crippen LogP contribution in [-0.2, 0) is 6.42 Å². The minimum Gasteiger partial charge on any atom is -0.353 e. The Kier molecular flexibility index (Phi) is 4.90. The molecule has 0 radical (unpaired) electrons. The highest BCUT2D eigenvalue weighted by molar-refractivity contribution is 7.98. The van der Waals surface area contributed by atoms with Crippen LogP contribution in [-0.4, -0.2) is 52.4 Å². The third-order valence-corrected chi connectivity index (χ3v) is 4.33. The van der Waals surface area contributed by atoms with E-state index in [-0.39, 0.29) is 0 Å². The van der Waals surface area contributed by atoms with Crippen molar-refractivity contribution in [3.63, 3.8) is 0 Å². The normalized spacial score (nSPS) is 15.1. The summed E-state index contributed by atoms with van der Waals surface area (Å²) >= 11 is 1.56. The number of rotatable bonds is 4. The fourth-order valence-corrected chi connectivity index (χ4v) is 2.89. The molecule has 0 N–H and O–H groups in total. The first kappa shape index (κ1) is 15.9. The van der Waals surface area contributed by atoms with Gasteiger partial charge in [-0.15, -0.1) is 0 Å². The number of anilines is 2. The van der Waals surface area contributed by atoms with Crippen molar-refractivity contribution in [2.24, 2.45) is 0 Å². The van der Waals surface area contributed by atoms with E-state index in [0.717, 1.165) is 49.3 Å². The molecule has 0 amide bonds. The number of aryl methyl sites for hydroxylation is 1. The summed E-state index contributed by atoms with van der Waals surface area (Å²) in [5, 5.41) is 0.809. The molecular weight excluding hydrogens is 315 g/mol. The summed E-state index contributed by atoms with van der Waals surface area (Å²) in [6, 6.07) is 2.06. The molecule has 1 aliphatic rings. The highest BCUT2D eigenvalue weighted by atomic mass is 32.2. The van der Waals surface area contributed by atoms with Crippen LogP contribution in [0.25, 0.3) is 0 Å². The molecule has 1 aliphatic heterocycles. The van der Waals surface area contributed by atoms with E-state index in [1.807, 2.05) is 6.26 Å². The maximum atomic E-state index is 12.9. The molecule has 0 bridgehead atoms. The topological polar surface area (TPSA) is 58.0 Å². The van der Waals surface area contributed by atoms with Crippen molar-refractivity contribution in [3.8, 4) is 0 Å². The fourth-order valence-electron chi connectivity index (χ4n) is 2.50. The lowest BCUT2D eigenvalue weighted by Crippen LogP contribution is -2.47. The molecule has 8 heteroatoms. The lowest BCUT2D eigenvalue weighted by atomic mass is 10.3. The average Bonchev–Trinajstić information content (AvgIpc) is 2.62. The minimum atomic E-state index is -0.412. The van der Waals surface area contributed by atoms with Gasteiger partial charge in [-0.05, 0) is 12.7 Å². The average molecular weight is 334 g/mol. The van der Waals surface area contributed by atoms with Crippen LogP contribution in [0.1, 0.15) is 12.6 Å². The van der Waals surface area contributed by atoms with Crippen molar-refractivity contribution in [2.75, 3.05) is 42.2 Å². The highest BCUT2D eigenvalue weighted by Gasteiger charge is 2.20. The molecule has 6 nitrogen and oxygen atoms in total. The molecular formula is C15H19FN6S. The lowest BCUT2D eigenvalue weighted by Gasteiger charge is -2.35. The van der Waals surface area contributed by atoms with Crippen LogP contribution in [0.5, 0.6) is 0 Å². The molecule has 0 spiro atoms. The van der Waals surface area contributed by atoms with Crippen molar-refractivity contribution in [1.82, 2.24) is 19.9 Å². The van der Waals surface area contributed by atoms with Gasteiger partial charge in [0.25, 0.3) is 0 Å². The van der Waals surface area contributed by atoms with E-state index in [0.29, 0.717) is 5.95 Å². The molecule has 0 aromatic carbocycles. The Bertz CT molecular complexity index is 635. The molecule has 122 valence electrons. The van der Waals surface area contributed by atoms with Crippen LogP contribution in [0, 0.1) is 5.82 Å². The van der Waals surface area contributed by atoms with Crippen molar-refractivity contribution < 1.29 is 4.39 Å². The molecule has 2 aromatic heterocycles.